The van der Waals surface area contributed by atoms with Crippen LogP contribution in [0, 0.1) is 0 Å². The Kier molecular flexibility index (Phi) is 7.04. The highest BCUT2D eigenvalue weighted by Gasteiger charge is 2.18. The summed E-state index contributed by atoms with van der Waals surface area (Å²) in [5.41, 5.74) is 1.59. The molecule has 0 aliphatic heterocycles. The summed E-state index contributed by atoms with van der Waals surface area (Å²) in [6, 6.07) is 16.2. The van der Waals surface area contributed by atoms with E-state index in [4.69, 9.17) is 0 Å². The third kappa shape index (κ3) is 5.59. The van der Waals surface area contributed by atoms with Gasteiger partial charge >= 0.3 is 0 Å². The van der Waals surface area contributed by atoms with Crippen LogP contribution in [0.25, 0.3) is 0 Å². The molecule has 0 radical (unpaired) electrons. The van der Waals surface area contributed by atoms with Gasteiger partial charge < -0.3 is 5.32 Å². The van der Waals surface area contributed by atoms with E-state index in [1.54, 1.807) is 23.9 Å². The summed E-state index contributed by atoms with van der Waals surface area (Å²) in [5, 5.41) is 2.82. The van der Waals surface area contributed by atoms with Crippen LogP contribution < -0.4 is 5.32 Å². The van der Waals surface area contributed by atoms with Crippen molar-refractivity contribution < 1.29 is 13.2 Å². The predicted octanol–water partition coefficient (Wildman–Crippen LogP) is 2.60. The molecule has 0 spiro atoms. The van der Waals surface area contributed by atoms with Gasteiger partial charge in [0.15, 0.2) is 0 Å². The van der Waals surface area contributed by atoms with Crippen LogP contribution in [0.2, 0.25) is 0 Å². The lowest BCUT2D eigenvalue weighted by atomic mass is 10.2. The fourth-order valence-corrected chi connectivity index (χ4v) is 3.88. The van der Waals surface area contributed by atoms with Gasteiger partial charge in [0, 0.05) is 37.7 Å². The second kappa shape index (κ2) is 9.03. The topological polar surface area (TPSA) is 66.5 Å². The molecule has 0 saturated heterocycles. The largest absolute Gasteiger partial charge is 0.351 e. The molecule has 7 heteroatoms. The number of benzene rings is 2. The molecular formula is C18H22N2O3S2. The van der Waals surface area contributed by atoms with Crippen LogP contribution in [0.15, 0.2) is 59.5 Å². The number of hydrogen-bond donors (Lipinski definition) is 1. The van der Waals surface area contributed by atoms with Crippen molar-refractivity contribution in [2.45, 2.75) is 10.6 Å². The number of rotatable bonds is 8. The predicted molar refractivity (Wildman–Crippen MR) is 102 cm³/mol. The van der Waals surface area contributed by atoms with Gasteiger partial charge in [0.1, 0.15) is 0 Å². The van der Waals surface area contributed by atoms with Gasteiger partial charge in [0.05, 0.1) is 4.90 Å². The minimum atomic E-state index is -3.54. The standard InChI is InChI=1S/C18H22N2O3S2/c1-20(2)25(22,23)17-10-6-9-16(13-17)18(21)19-11-12-24-14-15-7-4-3-5-8-15/h3-10,13H,11-12,14H2,1-2H3,(H,19,21). The Hall–Kier alpha value is -1.83. The van der Waals surface area contributed by atoms with Gasteiger partial charge in [0.2, 0.25) is 10.0 Å². The highest BCUT2D eigenvalue weighted by Crippen LogP contribution is 2.15. The van der Waals surface area contributed by atoms with E-state index >= 15 is 0 Å². The van der Waals surface area contributed by atoms with E-state index in [1.165, 1.54) is 31.8 Å². The first-order valence-electron chi connectivity index (χ1n) is 7.84. The Bertz CT molecular complexity index is 806. The molecule has 0 unspecified atom stereocenters. The van der Waals surface area contributed by atoms with E-state index < -0.39 is 10.0 Å². The maximum atomic E-state index is 12.2. The molecule has 0 heterocycles. The zero-order valence-electron chi connectivity index (χ0n) is 14.3. The van der Waals surface area contributed by atoms with E-state index in [-0.39, 0.29) is 10.8 Å². The number of amides is 1. The average molecular weight is 379 g/mol. The van der Waals surface area contributed by atoms with Crippen molar-refractivity contribution in [1.29, 1.82) is 0 Å². The average Bonchev–Trinajstić information content (AvgIpc) is 2.62. The van der Waals surface area contributed by atoms with E-state index in [0.29, 0.717) is 12.1 Å². The summed E-state index contributed by atoms with van der Waals surface area (Å²) in [6.07, 6.45) is 0. The molecule has 0 aromatic heterocycles. The maximum absolute atomic E-state index is 12.2. The molecule has 1 N–H and O–H groups in total. The summed E-state index contributed by atoms with van der Waals surface area (Å²) in [7, 11) is -0.615. The highest BCUT2D eigenvalue weighted by molar-refractivity contribution is 7.98. The molecule has 0 atom stereocenters. The van der Waals surface area contributed by atoms with Crippen molar-refractivity contribution in [3.05, 3.63) is 65.7 Å². The van der Waals surface area contributed by atoms with Crippen molar-refractivity contribution in [3.8, 4) is 0 Å². The fraction of sp³-hybridized carbons (Fsp3) is 0.278. The molecular weight excluding hydrogens is 356 g/mol. The van der Waals surface area contributed by atoms with E-state index in [9.17, 15) is 13.2 Å². The van der Waals surface area contributed by atoms with Crippen LogP contribution in [0.4, 0.5) is 0 Å². The molecule has 25 heavy (non-hydrogen) atoms. The summed E-state index contributed by atoms with van der Waals surface area (Å²) in [6.45, 7) is 0.529. The molecule has 134 valence electrons. The number of hydrogen-bond acceptors (Lipinski definition) is 4. The second-order valence-corrected chi connectivity index (χ2v) is 8.87. The van der Waals surface area contributed by atoms with Gasteiger partial charge in [-0.2, -0.15) is 11.8 Å². The van der Waals surface area contributed by atoms with Crippen LogP contribution in [-0.2, 0) is 15.8 Å². The smallest absolute Gasteiger partial charge is 0.251 e. The monoisotopic (exact) mass is 378 g/mol. The number of carbonyl (C=O) groups excluding carboxylic acids is 1. The van der Waals surface area contributed by atoms with Crippen molar-refractivity contribution in [2.75, 3.05) is 26.4 Å². The number of sulfonamides is 1. The summed E-state index contributed by atoms with van der Waals surface area (Å²) >= 11 is 1.74. The van der Waals surface area contributed by atoms with Crippen molar-refractivity contribution in [3.63, 3.8) is 0 Å². The van der Waals surface area contributed by atoms with E-state index in [0.717, 1.165) is 15.8 Å². The van der Waals surface area contributed by atoms with Crippen molar-refractivity contribution in [1.82, 2.24) is 9.62 Å². The number of nitrogens with one attached hydrogen (secondary N) is 1. The second-order valence-electron chi connectivity index (χ2n) is 5.61. The van der Waals surface area contributed by atoms with Crippen LogP contribution in [-0.4, -0.2) is 45.0 Å². The first kappa shape index (κ1) is 19.5. The molecule has 0 aliphatic rings. The quantitative estimate of drug-likeness (QED) is 0.717. The Morgan fingerprint density at radius 1 is 1.08 bits per heavy atom. The van der Waals surface area contributed by atoms with Crippen LogP contribution in [0.3, 0.4) is 0 Å². The number of carbonyl (C=O) groups is 1. The first-order valence-corrected chi connectivity index (χ1v) is 10.4. The summed E-state index contributed by atoms with van der Waals surface area (Å²) < 4.78 is 25.4. The van der Waals surface area contributed by atoms with Crippen molar-refractivity contribution >= 4 is 27.7 Å². The van der Waals surface area contributed by atoms with Gasteiger partial charge in [-0.15, -0.1) is 0 Å². The zero-order chi connectivity index (χ0) is 18.3. The van der Waals surface area contributed by atoms with Gasteiger partial charge in [0.25, 0.3) is 5.91 Å². The van der Waals surface area contributed by atoms with Gasteiger partial charge in [-0.05, 0) is 23.8 Å². The van der Waals surface area contributed by atoms with Gasteiger partial charge in [-0.3, -0.25) is 4.79 Å². The van der Waals surface area contributed by atoms with Gasteiger partial charge in [-0.25, -0.2) is 12.7 Å². The van der Waals surface area contributed by atoms with Crippen LogP contribution in [0.5, 0.6) is 0 Å². The summed E-state index contributed by atoms with van der Waals surface area (Å²) in [4.78, 5) is 12.3. The zero-order valence-corrected chi connectivity index (χ0v) is 15.9. The molecule has 0 aliphatic carbocycles. The third-order valence-corrected chi connectivity index (χ3v) is 6.36. The highest BCUT2D eigenvalue weighted by atomic mass is 32.2. The molecule has 2 rings (SSSR count). The van der Waals surface area contributed by atoms with Crippen molar-refractivity contribution in [2.24, 2.45) is 0 Å². The summed E-state index contributed by atoms with van der Waals surface area (Å²) in [5.74, 6) is 1.42. The lowest BCUT2D eigenvalue weighted by Gasteiger charge is -2.12. The number of thioether (sulfide) groups is 1. The lowest BCUT2D eigenvalue weighted by Crippen LogP contribution is -2.26. The van der Waals surface area contributed by atoms with E-state index in [2.05, 4.69) is 17.4 Å². The Labute approximate surface area is 153 Å². The molecule has 5 nitrogen and oxygen atoms in total. The van der Waals surface area contributed by atoms with Crippen LogP contribution in [0.1, 0.15) is 15.9 Å². The molecule has 2 aromatic carbocycles. The molecule has 0 bridgehead atoms. The Morgan fingerprint density at radius 2 is 1.80 bits per heavy atom. The SMILES string of the molecule is CN(C)S(=O)(=O)c1cccc(C(=O)NCCSCc2ccccc2)c1. The minimum Gasteiger partial charge on any atom is -0.351 e. The van der Waals surface area contributed by atoms with Crippen LogP contribution >= 0.6 is 11.8 Å². The minimum absolute atomic E-state index is 0.114. The van der Waals surface area contributed by atoms with Gasteiger partial charge in [-0.1, -0.05) is 36.4 Å². The Balaban J connectivity index is 1.85. The van der Waals surface area contributed by atoms with E-state index in [1.807, 2.05) is 18.2 Å². The lowest BCUT2D eigenvalue weighted by molar-refractivity contribution is 0.0956. The molecule has 2 aromatic rings. The first-order chi connectivity index (χ1) is 11.9. The maximum Gasteiger partial charge on any atom is 0.251 e. The number of nitrogens with zero attached hydrogens (tertiary/aromatic N) is 1. The molecule has 0 saturated carbocycles. The molecule has 0 fully saturated rings. The fourth-order valence-electron chi connectivity index (χ4n) is 2.11. The Morgan fingerprint density at radius 3 is 2.48 bits per heavy atom. The molecule has 1 amide bonds. The normalized spacial score (nSPS) is 11.5. The third-order valence-electron chi connectivity index (χ3n) is 3.52.